The Bertz CT molecular complexity index is 521. The molecule has 2 nitrogen and oxygen atoms in total. The van der Waals surface area contributed by atoms with Crippen LogP contribution in [0.4, 0.5) is 4.39 Å². The van der Waals surface area contributed by atoms with Gasteiger partial charge in [0.05, 0.1) is 7.11 Å². The van der Waals surface area contributed by atoms with Crippen molar-refractivity contribution in [2.24, 2.45) is 0 Å². The van der Waals surface area contributed by atoms with Crippen molar-refractivity contribution in [2.75, 3.05) is 7.11 Å². The van der Waals surface area contributed by atoms with Crippen LogP contribution in [-0.2, 0) is 12.0 Å². The van der Waals surface area contributed by atoms with Crippen LogP contribution in [0.5, 0.6) is 5.75 Å². The van der Waals surface area contributed by atoms with Crippen molar-refractivity contribution < 1.29 is 14.2 Å². The number of rotatable bonds is 4. The molecule has 0 fully saturated rings. The van der Waals surface area contributed by atoms with Gasteiger partial charge in [0, 0.05) is 11.3 Å². The number of hydrogen-bond acceptors (Lipinski definition) is 3. The summed E-state index contributed by atoms with van der Waals surface area (Å²) < 4.78 is 18.9. The quantitative estimate of drug-likeness (QED) is 0.919. The first-order valence-corrected chi connectivity index (χ1v) is 6.50. The van der Waals surface area contributed by atoms with E-state index >= 15 is 0 Å². The number of aliphatic hydroxyl groups is 1. The summed E-state index contributed by atoms with van der Waals surface area (Å²) in [4.78, 5) is 0.824. The third-order valence-electron chi connectivity index (χ3n) is 2.85. The molecule has 0 spiro atoms. The van der Waals surface area contributed by atoms with Gasteiger partial charge in [-0.1, -0.05) is 18.2 Å². The Kier molecular flexibility index (Phi) is 3.68. The van der Waals surface area contributed by atoms with Crippen LogP contribution in [0.3, 0.4) is 0 Å². The molecule has 1 aromatic carbocycles. The summed E-state index contributed by atoms with van der Waals surface area (Å²) in [5.74, 6) is -0.202. The van der Waals surface area contributed by atoms with E-state index in [1.54, 1.807) is 25.1 Å². The van der Waals surface area contributed by atoms with Gasteiger partial charge in [-0.3, -0.25) is 0 Å². The topological polar surface area (TPSA) is 29.5 Å². The lowest BCUT2D eigenvalue weighted by molar-refractivity contribution is 0.0604. The molecule has 2 aromatic rings. The molecule has 0 aliphatic heterocycles. The summed E-state index contributed by atoms with van der Waals surface area (Å²) in [5, 5.41) is 12.3. The predicted molar refractivity (Wildman–Crippen MR) is 70.5 cm³/mol. The van der Waals surface area contributed by atoms with Crippen molar-refractivity contribution in [3.63, 3.8) is 0 Å². The highest BCUT2D eigenvalue weighted by Crippen LogP contribution is 2.31. The Morgan fingerprint density at radius 1 is 1.33 bits per heavy atom. The Hall–Kier alpha value is -1.39. The minimum Gasteiger partial charge on any atom is -0.494 e. The molecule has 0 amide bonds. The first kappa shape index (κ1) is 13.1. The Labute approximate surface area is 110 Å². The van der Waals surface area contributed by atoms with Crippen LogP contribution < -0.4 is 4.74 Å². The van der Waals surface area contributed by atoms with Crippen LogP contribution in [0.15, 0.2) is 35.7 Å². The third kappa shape index (κ3) is 2.54. The van der Waals surface area contributed by atoms with Crippen LogP contribution in [0.1, 0.15) is 17.4 Å². The van der Waals surface area contributed by atoms with Crippen molar-refractivity contribution in [2.45, 2.75) is 18.9 Å². The highest BCUT2D eigenvalue weighted by atomic mass is 32.1. The number of benzene rings is 1. The molecule has 0 saturated heterocycles. The molecule has 1 N–H and O–H groups in total. The molecule has 0 aliphatic rings. The lowest BCUT2D eigenvalue weighted by Crippen LogP contribution is -2.23. The number of methoxy groups -OCH3 is 1. The van der Waals surface area contributed by atoms with Gasteiger partial charge in [0.25, 0.3) is 0 Å². The van der Waals surface area contributed by atoms with Crippen molar-refractivity contribution in [3.05, 3.63) is 52.0 Å². The first-order valence-electron chi connectivity index (χ1n) is 5.62. The van der Waals surface area contributed by atoms with E-state index in [1.165, 1.54) is 18.4 Å². The molecule has 2 rings (SSSR count). The first-order chi connectivity index (χ1) is 8.54. The molecule has 1 aromatic heterocycles. The van der Waals surface area contributed by atoms with Gasteiger partial charge in [-0.2, -0.15) is 0 Å². The van der Waals surface area contributed by atoms with E-state index in [1.807, 2.05) is 17.5 Å². The van der Waals surface area contributed by atoms with E-state index in [4.69, 9.17) is 4.74 Å². The molecule has 0 bridgehead atoms. The Balaban J connectivity index is 2.29. The summed E-state index contributed by atoms with van der Waals surface area (Å²) in [7, 11) is 1.43. The number of thiophene rings is 1. The van der Waals surface area contributed by atoms with Crippen LogP contribution in [-0.4, -0.2) is 12.2 Å². The third-order valence-corrected chi connectivity index (χ3v) is 3.97. The van der Waals surface area contributed by atoms with Gasteiger partial charge in [0.1, 0.15) is 5.60 Å². The average molecular weight is 266 g/mol. The van der Waals surface area contributed by atoms with Crippen molar-refractivity contribution in [1.82, 2.24) is 0 Å². The zero-order valence-electron chi connectivity index (χ0n) is 10.3. The minimum atomic E-state index is -1.07. The molecule has 0 aliphatic carbocycles. The highest BCUT2D eigenvalue weighted by molar-refractivity contribution is 7.10. The van der Waals surface area contributed by atoms with Gasteiger partial charge in [-0.15, -0.1) is 11.3 Å². The summed E-state index contributed by atoms with van der Waals surface area (Å²) >= 11 is 1.46. The fraction of sp³-hybridized carbons (Fsp3) is 0.286. The van der Waals surface area contributed by atoms with Gasteiger partial charge >= 0.3 is 0 Å². The van der Waals surface area contributed by atoms with Crippen LogP contribution in [0.25, 0.3) is 0 Å². The zero-order chi connectivity index (χ0) is 13.2. The minimum absolute atomic E-state index is 0.203. The second-order valence-electron chi connectivity index (χ2n) is 4.36. The highest BCUT2D eigenvalue weighted by Gasteiger charge is 2.26. The number of ether oxygens (including phenoxy) is 1. The molecule has 1 unspecified atom stereocenters. The Morgan fingerprint density at radius 2 is 2.11 bits per heavy atom. The lowest BCUT2D eigenvalue weighted by Gasteiger charge is -2.22. The maximum absolute atomic E-state index is 14.0. The van der Waals surface area contributed by atoms with Crippen LogP contribution in [0.2, 0.25) is 0 Å². The van der Waals surface area contributed by atoms with Crippen molar-refractivity contribution in [1.29, 1.82) is 0 Å². The van der Waals surface area contributed by atoms with E-state index in [2.05, 4.69) is 0 Å². The maximum Gasteiger partial charge on any atom is 0.168 e. The van der Waals surface area contributed by atoms with E-state index in [-0.39, 0.29) is 12.2 Å². The Morgan fingerprint density at radius 3 is 2.72 bits per heavy atom. The van der Waals surface area contributed by atoms with Crippen molar-refractivity contribution >= 4 is 11.3 Å². The molecule has 1 atom stereocenters. The SMILES string of the molecule is COc1cccc(CC(C)(O)c2cccs2)c1F. The molecular formula is C14H15FO2S. The van der Waals surface area contributed by atoms with E-state index < -0.39 is 11.4 Å². The van der Waals surface area contributed by atoms with Crippen molar-refractivity contribution in [3.8, 4) is 5.75 Å². The zero-order valence-corrected chi connectivity index (χ0v) is 11.1. The molecule has 18 heavy (non-hydrogen) atoms. The van der Waals surface area contributed by atoms with E-state index in [9.17, 15) is 9.50 Å². The molecule has 1 heterocycles. The standard InChI is InChI=1S/C14H15FO2S/c1-14(16,12-7-4-8-18-12)9-10-5-3-6-11(17-2)13(10)15/h3-8,16H,9H2,1-2H3. The van der Waals surface area contributed by atoms with Gasteiger partial charge in [0.2, 0.25) is 0 Å². The van der Waals surface area contributed by atoms with Crippen LogP contribution in [0, 0.1) is 5.82 Å². The molecule has 0 saturated carbocycles. The summed E-state index contributed by atoms with van der Waals surface area (Å²) in [6.07, 6.45) is 0.219. The molecule has 4 heteroatoms. The normalized spacial score (nSPS) is 14.2. The number of hydrogen-bond donors (Lipinski definition) is 1. The van der Waals surface area contributed by atoms with E-state index in [0.29, 0.717) is 5.56 Å². The van der Waals surface area contributed by atoms with Gasteiger partial charge in [-0.05, 0) is 30.0 Å². The monoisotopic (exact) mass is 266 g/mol. The maximum atomic E-state index is 14.0. The van der Waals surface area contributed by atoms with E-state index in [0.717, 1.165) is 4.88 Å². The second-order valence-corrected chi connectivity index (χ2v) is 5.31. The second kappa shape index (κ2) is 5.08. The fourth-order valence-electron chi connectivity index (χ4n) is 1.89. The smallest absolute Gasteiger partial charge is 0.168 e. The molecular weight excluding hydrogens is 251 g/mol. The number of halogens is 1. The van der Waals surface area contributed by atoms with Gasteiger partial charge < -0.3 is 9.84 Å². The van der Waals surface area contributed by atoms with Gasteiger partial charge in [0.15, 0.2) is 11.6 Å². The van der Waals surface area contributed by atoms with Crippen LogP contribution >= 0.6 is 11.3 Å². The molecule has 0 radical (unpaired) electrons. The van der Waals surface area contributed by atoms with Gasteiger partial charge in [-0.25, -0.2) is 4.39 Å². The summed E-state index contributed by atoms with van der Waals surface area (Å²) in [5.41, 5.74) is -0.616. The predicted octanol–water partition coefficient (Wildman–Crippen LogP) is 3.35. The lowest BCUT2D eigenvalue weighted by atomic mass is 9.94. The molecule has 96 valence electrons. The fourth-order valence-corrected chi connectivity index (χ4v) is 2.68. The summed E-state index contributed by atoms with van der Waals surface area (Å²) in [6.45, 7) is 1.69. The average Bonchev–Trinajstić information content (AvgIpc) is 2.86. The summed E-state index contributed by atoms with van der Waals surface area (Å²) in [6, 6.07) is 8.68. The largest absolute Gasteiger partial charge is 0.494 e.